The lowest BCUT2D eigenvalue weighted by Crippen LogP contribution is -2.14. The molecule has 2 N–H and O–H groups in total. The summed E-state index contributed by atoms with van der Waals surface area (Å²) in [5.74, 6) is -0.677. The Morgan fingerprint density at radius 2 is 1.83 bits per heavy atom. The lowest BCUT2D eigenvalue weighted by atomic mass is 10.2. The summed E-state index contributed by atoms with van der Waals surface area (Å²) in [5.41, 5.74) is 1.98. The van der Waals surface area contributed by atoms with Crippen LogP contribution in [0.25, 0.3) is 5.69 Å². The fraction of sp³-hybridized carbons (Fsp3) is 0.150. The predicted molar refractivity (Wildman–Crippen MR) is 109 cm³/mol. The van der Waals surface area contributed by atoms with Gasteiger partial charge in [0, 0.05) is 12.6 Å². The zero-order valence-corrected chi connectivity index (χ0v) is 16.7. The Bertz CT molecular complexity index is 1080. The Hall–Kier alpha value is -3.39. The number of ether oxygens (including phenoxy) is 1. The zero-order chi connectivity index (χ0) is 21.1. The number of benzene rings is 2. The maximum Gasteiger partial charge on any atom is 0.260 e. The number of methoxy groups -OCH3 is 1. The van der Waals surface area contributed by atoms with Gasteiger partial charge in [-0.25, -0.2) is 9.07 Å². The zero-order valence-electron chi connectivity index (χ0n) is 15.9. The van der Waals surface area contributed by atoms with Crippen molar-refractivity contribution in [2.75, 3.05) is 17.7 Å². The van der Waals surface area contributed by atoms with Crippen molar-refractivity contribution in [2.45, 2.75) is 13.8 Å². The second-order valence-corrected chi connectivity index (χ2v) is 6.55. The van der Waals surface area contributed by atoms with Crippen molar-refractivity contribution in [3.8, 4) is 11.4 Å². The molecular formula is C20H18ClFN4O3. The van der Waals surface area contributed by atoms with E-state index in [1.165, 1.54) is 43.0 Å². The summed E-state index contributed by atoms with van der Waals surface area (Å²) < 4.78 is 19.7. The fourth-order valence-corrected chi connectivity index (χ4v) is 3.14. The standard InChI is InChI=1S/C20H18ClFN4O3/c1-11-18(19(21)26(25-11)15-7-4-13(22)5-8-15)20(28)24-14-6-9-17(29-3)16(10-14)23-12(2)27/h4-10H,1-3H3,(H,23,27)(H,24,28). The van der Waals surface area contributed by atoms with Crippen LogP contribution in [-0.2, 0) is 4.79 Å². The topological polar surface area (TPSA) is 85.2 Å². The van der Waals surface area contributed by atoms with Crippen LogP contribution < -0.4 is 15.4 Å². The molecule has 0 fully saturated rings. The Labute approximate surface area is 171 Å². The number of aryl methyl sites for hydroxylation is 1. The predicted octanol–water partition coefficient (Wildman–Crippen LogP) is 4.19. The van der Waals surface area contributed by atoms with E-state index in [9.17, 15) is 14.0 Å². The van der Waals surface area contributed by atoms with Gasteiger partial charge in [-0.15, -0.1) is 0 Å². The molecule has 2 aromatic carbocycles. The average Bonchev–Trinajstić information content (AvgIpc) is 2.96. The highest BCUT2D eigenvalue weighted by molar-refractivity contribution is 6.34. The number of carbonyl (C=O) groups excluding carboxylic acids is 2. The van der Waals surface area contributed by atoms with Crippen LogP contribution in [0.4, 0.5) is 15.8 Å². The molecule has 9 heteroatoms. The first-order chi connectivity index (χ1) is 13.8. The molecule has 0 bridgehead atoms. The SMILES string of the molecule is COc1ccc(NC(=O)c2c(C)nn(-c3ccc(F)cc3)c2Cl)cc1NC(C)=O. The number of amides is 2. The molecule has 0 radical (unpaired) electrons. The number of hydrogen-bond acceptors (Lipinski definition) is 4. The Balaban J connectivity index is 1.90. The average molecular weight is 417 g/mol. The summed E-state index contributed by atoms with van der Waals surface area (Å²) in [6.45, 7) is 3.02. The normalized spacial score (nSPS) is 10.5. The van der Waals surface area contributed by atoms with Crippen molar-refractivity contribution in [1.29, 1.82) is 0 Å². The molecule has 1 aromatic heterocycles. The van der Waals surface area contributed by atoms with E-state index in [-0.39, 0.29) is 22.4 Å². The van der Waals surface area contributed by atoms with Gasteiger partial charge in [0.25, 0.3) is 5.91 Å². The minimum Gasteiger partial charge on any atom is -0.495 e. The third kappa shape index (κ3) is 4.38. The van der Waals surface area contributed by atoms with Crippen LogP contribution in [0.1, 0.15) is 23.0 Å². The van der Waals surface area contributed by atoms with Gasteiger partial charge < -0.3 is 15.4 Å². The van der Waals surface area contributed by atoms with Gasteiger partial charge in [-0.3, -0.25) is 9.59 Å². The van der Waals surface area contributed by atoms with Crippen LogP contribution in [0.3, 0.4) is 0 Å². The van der Waals surface area contributed by atoms with E-state index in [0.29, 0.717) is 28.5 Å². The van der Waals surface area contributed by atoms with Gasteiger partial charge in [-0.1, -0.05) is 11.6 Å². The molecule has 0 atom stereocenters. The summed E-state index contributed by atoms with van der Waals surface area (Å²) in [4.78, 5) is 24.2. The molecule has 0 aliphatic rings. The van der Waals surface area contributed by atoms with Gasteiger partial charge in [-0.05, 0) is 49.4 Å². The van der Waals surface area contributed by atoms with E-state index in [4.69, 9.17) is 16.3 Å². The van der Waals surface area contributed by atoms with Crippen molar-refractivity contribution in [2.24, 2.45) is 0 Å². The molecule has 29 heavy (non-hydrogen) atoms. The highest BCUT2D eigenvalue weighted by Crippen LogP contribution is 2.29. The number of carbonyl (C=O) groups is 2. The number of nitrogens with zero attached hydrogens (tertiary/aromatic N) is 2. The van der Waals surface area contributed by atoms with E-state index in [2.05, 4.69) is 15.7 Å². The first-order valence-electron chi connectivity index (χ1n) is 8.58. The molecule has 0 unspecified atom stereocenters. The number of halogens is 2. The van der Waals surface area contributed by atoms with E-state index >= 15 is 0 Å². The Morgan fingerprint density at radius 3 is 2.45 bits per heavy atom. The molecule has 3 aromatic rings. The van der Waals surface area contributed by atoms with Crippen molar-refractivity contribution >= 4 is 34.8 Å². The molecule has 0 spiro atoms. The largest absolute Gasteiger partial charge is 0.495 e. The number of anilines is 2. The molecule has 0 saturated heterocycles. The summed E-state index contributed by atoms with van der Waals surface area (Å²) in [5, 5.41) is 9.76. The highest BCUT2D eigenvalue weighted by atomic mass is 35.5. The monoisotopic (exact) mass is 416 g/mol. The van der Waals surface area contributed by atoms with Crippen LogP contribution >= 0.6 is 11.6 Å². The third-order valence-corrected chi connectivity index (χ3v) is 4.42. The maximum atomic E-state index is 13.2. The van der Waals surface area contributed by atoms with Crippen molar-refractivity contribution in [1.82, 2.24) is 9.78 Å². The van der Waals surface area contributed by atoms with Crippen LogP contribution in [0.2, 0.25) is 5.15 Å². The van der Waals surface area contributed by atoms with E-state index in [1.807, 2.05) is 0 Å². The highest BCUT2D eigenvalue weighted by Gasteiger charge is 2.21. The molecule has 7 nitrogen and oxygen atoms in total. The Morgan fingerprint density at radius 1 is 1.14 bits per heavy atom. The number of rotatable bonds is 5. The summed E-state index contributed by atoms with van der Waals surface area (Å²) in [6, 6.07) is 10.4. The Kier molecular flexibility index (Phi) is 5.84. The lowest BCUT2D eigenvalue weighted by Gasteiger charge is -2.12. The first-order valence-corrected chi connectivity index (χ1v) is 8.96. The van der Waals surface area contributed by atoms with E-state index in [0.717, 1.165) is 0 Å². The molecule has 1 heterocycles. The summed E-state index contributed by atoms with van der Waals surface area (Å²) in [7, 11) is 1.48. The first kappa shape index (κ1) is 20.3. The number of hydrogen-bond donors (Lipinski definition) is 2. The minimum absolute atomic E-state index is 0.0993. The van der Waals surface area contributed by atoms with Crippen molar-refractivity contribution in [3.63, 3.8) is 0 Å². The molecule has 0 aliphatic carbocycles. The van der Waals surface area contributed by atoms with Gasteiger partial charge in [0.2, 0.25) is 5.91 Å². The van der Waals surface area contributed by atoms with Gasteiger partial charge in [0.05, 0.1) is 24.2 Å². The van der Waals surface area contributed by atoms with Crippen LogP contribution in [0.15, 0.2) is 42.5 Å². The fourth-order valence-electron chi connectivity index (χ4n) is 2.78. The smallest absolute Gasteiger partial charge is 0.260 e. The van der Waals surface area contributed by atoms with Crippen LogP contribution in [0, 0.1) is 12.7 Å². The summed E-state index contributed by atoms with van der Waals surface area (Å²) in [6.07, 6.45) is 0. The molecule has 3 rings (SSSR count). The maximum absolute atomic E-state index is 13.2. The lowest BCUT2D eigenvalue weighted by molar-refractivity contribution is -0.114. The number of nitrogens with one attached hydrogen (secondary N) is 2. The second kappa shape index (κ2) is 8.32. The third-order valence-electron chi connectivity index (χ3n) is 4.07. The van der Waals surface area contributed by atoms with E-state index < -0.39 is 5.91 Å². The molecule has 0 aliphatic heterocycles. The minimum atomic E-state index is -0.472. The molecule has 150 valence electrons. The van der Waals surface area contributed by atoms with Crippen molar-refractivity contribution in [3.05, 3.63) is 64.7 Å². The quantitative estimate of drug-likeness (QED) is 0.653. The van der Waals surface area contributed by atoms with Gasteiger partial charge in [-0.2, -0.15) is 5.10 Å². The van der Waals surface area contributed by atoms with Gasteiger partial charge in [0.1, 0.15) is 22.3 Å². The van der Waals surface area contributed by atoms with Gasteiger partial charge >= 0.3 is 0 Å². The summed E-state index contributed by atoms with van der Waals surface area (Å²) >= 11 is 6.38. The van der Waals surface area contributed by atoms with Crippen LogP contribution in [0.5, 0.6) is 5.75 Å². The number of aromatic nitrogens is 2. The van der Waals surface area contributed by atoms with E-state index in [1.54, 1.807) is 25.1 Å². The van der Waals surface area contributed by atoms with Gasteiger partial charge in [0.15, 0.2) is 0 Å². The molecular weight excluding hydrogens is 399 g/mol. The van der Waals surface area contributed by atoms with Crippen LogP contribution in [-0.4, -0.2) is 28.7 Å². The molecule has 0 saturated carbocycles. The second-order valence-electron chi connectivity index (χ2n) is 6.19. The van der Waals surface area contributed by atoms with Crippen molar-refractivity contribution < 1.29 is 18.7 Å². The molecule has 2 amide bonds.